The van der Waals surface area contributed by atoms with Crippen LogP contribution in [0.4, 0.5) is 11.4 Å². The molecule has 1 N–H and O–H groups in total. The number of hydrogen-bond acceptors (Lipinski definition) is 5. The summed E-state index contributed by atoms with van der Waals surface area (Å²) in [6.07, 6.45) is 1.58. The van der Waals surface area contributed by atoms with Crippen LogP contribution in [0.3, 0.4) is 0 Å². The van der Waals surface area contributed by atoms with E-state index in [-0.39, 0.29) is 16.8 Å². The number of rotatable bonds is 4. The van der Waals surface area contributed by atoms with Crippen molar-refractivity contribution >= 4 is 45.8 Å². The van der Waals surface area contributed by atoms with Crippen LogP contribution in [-0.4, -0.2) is 53.0 Å². The molecular weight excluding hydrogens is 372 g/mol. The zero-order chi connectivity index (χ0) is 18.2. The zero-order valence-electron chi connectivity index (χ0n) is 14.1. The molecule has 0 spiro atoms. The van der Waals surface area contributed by atoms with Crippen LogP contribution in [0, 0.1) is 0 Å². The third-order valence-electron chi connectivity index (χ3n) is 3.63. The molecule has 2 aromatic rings. The first-order valence-corrected chi connectivity index (χ1v) is 9.58. The second-order valence-electron chi connectivity index (χ2n) is 5.51. The van der Waals surface area contributed by atoms with Gasteiger partial charge in [0.15, 0.2) is 10.3 Å². The number of para-hydroxylation sites is 1. The van der Waals surface area contributed by atoms with Crippen molar-refractivity contribution in [3.63, 3.8) is 0 Å². The largest absolute Gasteiger partial charge is 0.378 e. The molecule has 1 amide bonds. The SMILES string of the molecule is O=C(CSC(=Nc1ccccc1)N1CCOCC1)Nc1cccnc1Cl. The van der Waals surface area contributed by atoms with Gasteiger partial charge in [-0.05, 0) is 24.3 Å². The third kappa shape index (κ3) is 5.45. The van der Waals surface area contributed by atoms with E-state index in [1.165, 1.54) is 11.8 Å². The maximum atomic E-state index is 12.3. The second kappa shape index (κ2) is 9.56. The van der Waals surface area contributed by atoms with Gasteiger partial charge in [-0.2, -0.15) is 0 Å². The molecule has 26 heavy (non-hydrogen) atoms. The van der Waals surface area contributed by atoms with E-state index < -0.39 is 0 Å². The Labute approximate surface area is 161 Å². The Balaban J connectivity index is 1.66. The first kappa shape index (κ1) is 18.7. The van der Waals surface area contributed by atoms with Crippen LogP contribution < -0.4 is 5.32 Å². The highest BCUT2D eigenvalue weighted by molar-refractivity contribution is 8.14. The van der Waals surface area contributed by atoms with Gasteiger partial charge >= 0.3 is 0 Å². The Morgan fingerprint density at radius 2 is 2.00 bits per heavy atom. The number of nitrogens with one attached hydrogen (secondary N) is 1. The number of carbonyl (C=O) groups is 1. The Morgan fingerprint density at radius 1 is 1.23 bits per heavy atom. The summed E-state index contributed by atoms with van der Waals surface area (Å²) in [6.45, 7) is 2.83. The molecule has 1 saturated heterocycles. The summed E-state index contributed by atoms with van der Waals surface area (Å²) in [6, 6.07) is 13.2. The van der Waals surface area contributed by atoms with Crippen molar-refractivity contribution in [3.8, 4) is 0 Å². The van der Waals surface area contributed by atoms with Crippen LogP contribution in [0.1, 0.15) is 0 Å². The molecule has 0 atom stereocenters. The summed E-state index contributed by atoms with van der Waals surface area (Å²) in [5.41, 5.74) is 1.37. The number of aromatic nitrogens is 1. The lowest BCUT2D eigenvalue weighted by Gasteiger charge is -2.29. The molecule has 2 heterocycles. The Hall–Kier alpha value is -2.09. The minimum atomic E-state index is -0.154. The summed E-state index contributed by atoms with van der Waals surface area (Å²) in [5, 5.41) is 3.87. The minimum Gasteiger partial charge on any atom is -0.378 e. The third-order valence-corrected chi connectivity index (χ3v) is 4.94. The molecule has 1 aliphatic rings. The van der Waals surface area contributed by atoms with Crippen LogP contribution in [-0.2, 0) is 9.53 Å². The Kier molecular flexibility index (Phi) is 6.88. The van der Waals surface area contributed by atoms with E-state index in [1.807, 2.05) is 30.3 Å². The van der Waals surface area contributed by atoms with E-state index in [0.29, 0.717) is 18.9 Å². The molecule has 3 rings (SSSR count). The number of ether oxygens (including phenoxy) is 1. The highest BCUT2D eigenvalue weighted by Crippen LogP contribution is 2.20. The summed E-state index contributed by atoms with van der Waals surface area (Å²) < 4.78 is 5.41. The second-order valence-corrected chi connectivity index (χ2v) is 6.81. The number of morpholine rings is 1. The summed E-state index contributed by atoms with van der Waals surface area (Å²) in [5.74, 6) is 0.0766. The average Bonchev–Trinajstić information content (AvgIpc) is 2.68. The Morgan fingerprint density at radius 3 is 2.73 bits per heavy atom. The van der Waals surface area contributed by atoms with Gasteiger partial charge in [-0.15, -0.1) is 0 Å². The number of amides is 1. The van der Waals surface area contributed by atoms with E-state index >= 15 is 0 Å². The van der Waals surface area contributed by atoms with Crippen molar-refractivity contribution < 1.29 is 9.53 Å². The highest BCUT2D eigenvalue weighted by atomic mass is 35.5. The van der Waals surface area contributed by atoms with Gasteiger partial charge in [-0.3, -0.25) is 4.79 Å². The number of thioether (sulfide) groups is 1. The van der Waals surface area contributed by atoms with Gasteiger partial charge in [-0.1, -0.05) is 41.6 Å². The van der Waals surface area contributed by atoms with Crippen molar-refractivity contribution in [3.05, 3.63) is 53.8 Å². The molecule has 8 heteroatoms. The number of pyridine rings is 1. The van der Waals surface area contributed by atoms with E-state index in [4.69, 9.17) is 21.3 Å². The number of anilines is 1. The topological polar surface area (TPSA) is 66.8 Å². The monoisotopic (exact) mass is 390 g/mol. The summed E-state index contributed by atoms with van der Waals surface area (Å²) >= 11 is 7.38. The van der Waals surface area contributed by atoms with Gasteiger partial charge in [0.05, 0.1) is 30.3 Å². The number of carbonyl (C=O) groups excluding carboxylic acids is 1. The van der Waals surface area contributed by atoms with Crippen molar-refractivity contribution in [2.45, 2.75) is 0 Å². The van der Waals surface area contributed by atoms with Crippen LogP contribution in [0.5, 0.6) is 0 Å². The standard InChI is InChI=1S/C18H19ClN4O2S/c19-17-15(7-4-8-20-17)22-16(24)13-26-18(23-9-11-25-12-10-23)21-14-5-2-1-3-6-14/h1-8H,9-13H2,(H,22,24). The van der Waals surface area contributed by atoms with E-state index in [2.05, 4.69) is 15.2 Å². The number of halogens is 1. The molecule has 136 valence electrons. The lowest BCUT2D eigenvalue weighted by Crippen LogP contribution is -2.39. The number of amidine groups is 1. The van der Waals surface area contributed by atoms with Crippen molar-refractivity contribution in [2.24, 2.45) is 4.99 Å². The first-order chi connectivity index (χ1) is 12.7. The Bertz CT molecular complexity index is 767. The fourth-order valence-corrected chi connectivity index (χ4v) is 3.39. The van der Waals surface area contributed by atoms with Crippen LogP contribution >= 0.6 is 23.4 Å². The van der Waals surface area contributed by atoms with Gasteiger partial charge in [0, 0.05) is 19.3 Å². The van der Waals surface area contributed by atoms with Crippen LogP contribution in [0.25, 0.3) is 0 Å². The molecule has 1 aliphatic heterocycles. The van der Waals surface area contributed by atoms with E-state index in [0.717, 1.165) is 23.9 Å². The fraction of sp³-hybridized carbons (Fsp3) is 0.278. The smallest absolute Gasteiger partial charge is 0.234 e. The first-order valence-electron chi connectivity index (χ1n) is 8.22. The average molecular weight is 391 g/mol. The number of aliphatic imine (C=N–C) groups is 1. The maximum absolute atomic E-state index is 12.3. The van der Waals surface area contributed by atoms with Crippen LogP contribution in [0.2, 0.25) is 5.15 Å². The van der Waals surface area contributed by atoms with E-state index in [9.17, 15) is 4.79 Å². The number of benzene rings is 1. The van der Waals surface area contributed by atoms with Gasteiger partial charge in [0.1, 0.15) is 0 Å². The molecule has 1 aromatic carbocycles. The molecule has 1 aromatic heterocycles. The van der Waals surface area contributed by atoms with Crippen molar-refractivity contribution in [1.82, 2.24) is 9.88 Å². The van der Waals surface area contributed by atoms with Gasteiger partial charge < -0.3 is 15.0 Å². The predicted octanol–water partition coefficient (Wildman–Crippen LogP) is 3.43. The van der Waals surface area contributed by atoms with Gasteiger partial charge in [0.2, 0.25) is 5.91 Å². The molecule has 0 saturated carbocycles. The normalized spacial score (nSPS) is 15.0. The predicted molar refractivity (Wildman–Crippen MR) is 106 cm³/mol. The van der Waals surface area contributed by atoms with Gasteiger partial charge in [0.25, 0.3) is 0 Å². The van der Waals surface area contributed by atoms with Crippen molar-refractivity contribution in [1.29, 1.82) is 0 Å². The fourth-order valence-electron chi connectivity index (χ4n) is 2.36. The summed E-state index contributed by atoms with van der Waals surface area (Å²) in [7, 11) is 0. The molecule has 1 fully saturated rings. The molecule has 0 unspecified atom stereocenters. The number of hydrogen-bond donors (Lipinski definition) is 1. The number of nitrogens with zero attached hydrogens (tertiary/aromatic N) is 3. The molecule has 0 aliphatic carbocycles. The molecular formula is C18H19ClN4O2S. The molecule has 0 radical (unpaired) electrons. The molecule has 0 bridgehead atoms. The molecule has 6 nitrogen and oxygen atoms in total. The quantitative estimate of drug-likeness (QED) is 0.492. The zero-order valence-corrected chi connectivity index (χ0v) is 15.7. The maximum Gasteiger partial charge on any atom is 0.234 e. The lowest BCUT2D eigenvalue weighted by atomic mass is 10.3. The van der Waals surface area contributed by atoms with Crippen molar-refractivity contribution in [2.75, 3.05) is 37.4 Å². The van der Waals surface area contributed by atoms with Crippen LogP contribution in [0.15, 0.2) is 53.7 Å². The minimum absolute atomic E-state index is 0.154. The highest BCUT2D eigenvalue weighted by Gasteiger charge is 2.17. The van der Waals surface area contributed by atoms with E-state index in [1.54, 1.807) is 18.3 Å². The summed E-state index contributed by atoms with van der Waals surface area (Å²) in [4.78, 5) is 23.1. The van der Waals surface area contributed by atoms with Gasteiger partial charge in [-0.25, -0.2) is 9.98 Å². The lowest BCUT2D eigenvalue weighted by molar-refractivity contribution is -0.113.